The lowest BCUT2D eigenvalue weighted by atomic mass is 10.2. The highest BCUT2D eigenvalue weighted by Gasteiger charge is 2.12. The molecule has 6 nitrogen and oxygen atoms in total. The molecule has 6 heteroatoms. The van der Waals surface area contributed by atoms with Crippen LogP contribution in [0.4, 0.5) is 17.1 Å². The molecular formula is C14H24N4O2. The van der Waals surface area contributed by atoms with E-state index in [1.54, 1.807) is 12.1 Å². The van der Waals surface area contributed by atoms with Gasteiger partial charge in [0.05, 0.1) is 4.92 Å². The maximum absolute atomic E-state index is 11.0. The monoisotopic (exact) mass is 280 g/mol. The highest BCUT2D eigenvalue weighted by molar-refractivity contribution is 5.64. The van der Waals surface area contributed by atoms with Crippen molar-refractivity contribution in [2.75, 3.05) is 51.0 Å². The number of benzene rings is 1. The molecule has 0 amide bonds. The lowest BCUT2D eigenvalue weighted by Gasteiger charge is -2.22. The molecule has 1 aromatic rings. The molecular weight excluding hydrogens is 256 g/mol. The molecule has 0 aromatic heterocycles. The lowest BCUT2D eigenvalue weighted by molar-refractivity contribution is -0.384. The first-order valence-corrected chi connectivity index (χ1v) is 6.83. The Hall–Kier alpha value is -1.82. The molecule has 0 unspecified atom stereocenters. The van der Waals surface area contributed by atoms with Crippen LogP contribution in [0, 0.1) is 10.1 Å². The molecule has 0 bridgehead atoms. The molecule has 0 saturated carbocycles. The topological polar surface area (TPSA) is 61.6 Å². The van der Waals surface area contributed by atoms with Crippen molar-refractivity contribution in [1.29, 1.82) is 0 Å². The molecule has 0 saturated heterocycles. The Morgan fingerprint density at radius 2 is 1.90 bits per heavy atom. The van der Waals surface area contributed by atoms with Crippen LogP contribution in [0.3, 0.4) is 0 Å². The quantitative estimate of drug-likeness (QED) is 0.585. The SMILES string of the molecule is CCCNc1cc(N(C)CCN(C)C)cc([N+](=O)[O-])c1. The summed E-state index contributed by atoms with van der Waals surface area (Å²) < 4.78 is 0. The molecule has 112 valence electrons. The standard InChI is InChI=1S/C14H24N4O2/c1-5-6-15-12-9-13(11-14(10-12)18(19)20)17(4)8-7-16(2)3/h9-11,15H,5-8H2,1-4H3. The number of non-ortho nitro benzene ring substituents is 1. The predicted octanol–water partition coefficient (Wildman–Crippen LogP) is 2.41. The Kier molecular flexibility index (Phi) is 6.24. The first-order chi connectivity index (χ1) is 9.43. The summed E-state index contributed by atoms with van der Waals surface area (Å²) >= 11 is 0. The summed E-state index contributed by atoms with van der Waals surface area (Å²) in [6, 6.07) is 5.16. The highest BCUT2D eigenvalue weighted by atomic mass is 16.6. The van der Waals surface area contributed by atoms with Crippen molar-refractivity contribution >= 4 is 17.1 Å². The molecule has 0 radical (unpaired) electrons. The van der Waals surface area contributed by atoms with Crippen molar-refractivity contribution in [2.45, 2.75) is 13.3 Å². The molecule has 1 N–H and O–H groups in total. The van der Waals surface area contributed by atoms with Gasteiger partial charge in [0.2, 0.25) is 0 Å². The lowest BCUT2D eigenvalue weighted by Crippen LogP contribution is -2.28. The fourth-order valence-corrected chi connectivity index (χ4v) is 1.77. The molecule has 0 spiro atoms. The van der Waals surface area contributed by atoms with Gasteiger partial charge in [-0.3, -0.25) is 10.1 Å². The Labute approximate surface area is 120 Å². The van der Waals surface area contributed by atoms with Crippen molar-refractivity contribution in [3.63, 3.8) is 0 Å². The number of nitro benzene ring substituents is 1. The van der Waals surface area contributed by atoms with Crippen LogP contribution in [0.1, 0.15) is 13.3 Å². The second kappa shape index (κ2) is 7.69. The van der Waals surface area contributed by atoms with E-state index in [2.05, 4.69) is 17.1 Å². The van der Waals surface area contributed by atoms with Gasteiger partial charge in [-0.15, -0.1) is 0 Å². The molecule has 0 aliphatic heterocycles. The van der Waals surface area contributed by atoms with Gasteiger partial charge in [0, 0.05) is 50.2 Å². The number of nitro groups is 1. The van der Waals surface area contributed by atoms with Gasteiger partial charge in [-0.05, 0) is 26.6 Å². The van der Waals surface area contributed by atoms with Crippen molar-refractivity contribution < 1.29 is 4.92 Å². The first kappa shape index (κ1) is 16.2. The molecule has 0 fully saturated rings. The van der Waals surface area contributed by atoms with Crippen LogP contribution in [0.15, 0.2) is 18.2 Å². The molecule has 1 rings (SSSR count). The van der Waals surface area contributed by atoms with Crippen molar-refractivity contribution in [1.82, 2.24) is 4.90 Å². The summed E-state index contributed by atoms with van der Waals surface area (Å²) in [7, 11) is 5.97. The van der Waals surface area contributed by atoms with Gasteiger partial charge in [0.15, 0.2) is 0 Å². The normalized spacial score (nSPS) is 10.7. The summed E-state index contributed by atoms with van der Waals surface area (Å²) in [6.07, 6.45) is 0.981. The number of hydrogen-bond donors (Lipinski definition) is 1. The maximum atomic E-state index is 11.0. The molecule has 20 heavy (non-hydrogen) atoms. The van der Waals surface area contributed by atoms with Crippen LogP contribution >= 0.6 is 0 Å². The van der Waals surface area contributed by atoms with Gasteiger partial charge in [-0.25, -0.2) is 0 Å². The smallest absolute Gasteiger partial charge is 0.273 e. The molecule has 0 aliphatic rings. The van der Waals surface area contributed by atoms with E-state index in [1.807, 2.05) is 32.1 Å². The average molecular weight is 280 g/mol. The Morgan fingerprint density at radius 3 is 2.45 bits per heavy atom. The third-order valence-corrected chi connectivity index (χ3v) is 3.02. The number of nitrogens with one attached hydrogen (secondary N) is 1. The Morgan fingerprint density at radius 1 is 1.20 bits per heavy atom. The van der Waals surface area contributed by atoms with E-state index in [4.69, 9.17) is 0 Å². The van der Waals surface area contributed by atoms with Crippen LogP contribution in [0.25, 0.3) is 0 Å². The molecule has 0 aliphatic carbocycles. The van der Waals surface area contributed by atoms with E-state index in [-0.39, 0.29) is 10.6 Å². The van der Waals surface area contributed by atoms with E-state index in [9.17, 15) is 10.1 Å². The summed E-state index contributed by atoms with van der Waals surface area (Å²) in [4.78, 5) is 14.8. The first-order valence-electron chi connectivity index (χ1n) is 6.83. The third kappa shape index (κ3) is 5.05. The van der Waals surface area contributed by atoms with Crippen molar-refractivity contribution in [3.8, 4) is 0 Å². The van der Waals surface area contributed by atoms with Gasteiger partial charge in [-0.2, -0.15) is 0 Å². The zero-order valence-electron chi connectivity index (χ0n) is 12.7. The largest absolute Gasteiger partial charge is 0.385 e. The van der Waals surface area contributed by atoms with Crippen molar-refractivity contribution in [2.24, 2.45) is 0 Å². The fourth-order valence-electron chi connectivity index (χ4n) is 1.77. The number of anilines is 2. The zero-order chi connectivity index (χ0) is 15.1. The summed E-state index contributed by atoms with van der Waals surface area (Å²) in [5.74, 6) is 0. The average Bonchev–Trinajstić information content (AvgIpc) is 2.41. The summed E-state index contributed by atoms with van der Waals surface area (Å²) in [5.41, 5.74) is 1.78. The van der Waals surface area contributed by atoms with Gasteiger partial charge in [-0.1, -0.05) is 6.92 Å². The van der Waals surface area contributed by atoms with Crippen LogP contribution in [-0.2, 0) is 0 Å². The van der Waals surface area contributed by atoms with Crippen LogP contribution < -0.4 is 10.2 Å². The van der Waals surface area contributed by atoms with Crippen LogP contribution in [-0.4, -0.2) is 50.6 Å². The highest BCUT2D eigenvalue weighted by Crippen LogP contribution is 2.26. The van der Waals surface area contributed by atoms with Gasteiger partial charge < -0.3 is 15.1 Å². The summed E-state index contributed by atoms with van der Waals surface area (Å²) in [5, 5.41) is 14.2. The predicted molar refractivity (Wildman–Crippen MR) is 83.7 cm³/mol. The van der Waals surface area contributed by atoms with Crippen LogP contribution in [0.5, 0.6) is 0 Å². The second-order valence-corrected chi connectivity index (χ2v) is 5.15. The number of nitrogens with zero attached hydrogens (tertiary/aromatic N) is 3. The number of rotatable bonds is 8. The minimum atomic E-state index is -0.347. The molecule has 0 heterocycles. The third-order valence-electron chi connectivity index (χ3n) is 3.02. The Bertz CT molecular complexity index is 449. The number of likely N-dealkylation sites (N-methyl/N-ethyl adjacent to an activating group) is 2. The fraction of sp³-hybridized carbons (Fsp3) is 0.571. The minimum Gasteiger partial charge on any atom is -0.385 e. The maximum Gasteiger partial charge on any atom is 0.273 e. The minimum absolute atomic E-state index is 0.123. The van der Waals surface area contributed by atoms with E-state index in [0.29, 0.717) is 0 Å². The zero-order valence-corrected chi connectivity index (χ0v) is 12.7. The Balaban J connectivity index is 2.92. The van der Waals surface area contributed by atoms with Crippen molar-refractivity contribution in [3.05, 3.63) is 28.3 Å². The second-order valence-electron chi connectivity index (χ2n) is 5.15. The van der Waals surface area contributed by atoms with Gasteiger partial charge in [0.1, 0.15) is 0 Å². The molecule has 1 aromatic carbocycles. The number of hydrogen-bond acceptors (Lipinski definition) is 5. The van der Waals surface area contributed by atoms with E-state index < -0.39 is 0 Å². The summed E-state index contributed by atoms with van der Waals surface area (Å²) in [6.45, 7) is 4.59. The van der Waals surface area contributed by atoms with Gasteiger partial charge in [0.25, 0.3) is 5.69 Å². The van der Waals surface area contributed by atoms with E-state index in [1.165, 1.54) is 0 Å². The molecule has 0 atom stereocenters. The van der Waals surface area contributed by atoms with E-state index >= 15 is 0 Å². The van der Waals surface area contributed by atoms with Gasteiger partial charge >= 0.3 is 0 Å². The van der Waals surface area contributed by atoms with Crippen LogP contribution in [0.2, 0.25) is 0 Å². The van der Waals surface area contributed by atoms with E-state index in [0.717, 1.165) is 37.4 Å².